The Kier molecular flexibility index (Phi) is 5.63. The molecule has 2 heteroatoms. The molecule has 0 aliphatic carbocycles. The highest BCUT2D eigenvalue weighted by molar-refractivity contribution is 9.10. The van der Waals surface area contributed by atoms with E-state index >= 15 is 0 Å². The number of hydrogen-bond donors (Lipinski definition) is 0. The maximum Gasteiger partial charge on any atom is 0.106 e. The molecule has 0 aliphatic rings. The second-order valence-electron chi connectivity index (χ2n) is 3.16. The molecule has 0 aliphatic heterocycles. The fourth-order valence-corrected chi connectivity index (χ4v) is 1.76. The van der Waals surface area contributed by atoms with Crippen molar-refractivity contribution in [2.75, 3.05) is 0 Å². The molecule has 0 amide bonds. The van der Waals surface area contributed by atoms with Gasteiger partial charge in [-0.2, -0.15) is 0 Å². The minimum Gasteiger partial charge on any atom is -0.307 e. The number of aryl methyl sites for hydroxylation is 1. The second-order valence-corrected chi connectivity index (χ2v) is 4.07. The van der Waals surface area contributed by atoms with Crippen LogP contribution in [0.2, 0.25) is 0 Å². The Labute approximate surface area is 88.3 Å². The first-order chi connectivity index (χ1) is 6.11. The van der Waals surface area contributed by atoms with Gasteiger partial charge in [0.1, 0.15) is 6.79 Å². The molecule has 13 heavy (non-hydrogen) atoms. The van der Waals surface area contributed by atoms with Crippen LogP contribution in [0, 0.1) is 6.92 Å². The van der Waals surface area contributed by atoms with Crippen LogP contribution in [-0.4, -0.2) is 6.79 Å². The van der Waals surface area contributed by atoms with Crippen molar-refractivity contribution in [2.45, 2.75) is 26.7 Å². The molecule has 0 saturated heterocycles. The van der Waals surface area contributed by atoms with Gasteiger partial charge in [-0.25, -0.2) is 0 Å². The summed E-state index contributed by atoms with van der Waals surface area (Å²) < 4.78 is 1.17. The summed E-state index contributed by atoms with van der Waals surface area (Å²) in [6.07, 6.45) is 0. The van der Waals surface area contributed by atoms with Crippen LogP contribution in [-0.2, 0) is 4.79 Å². The lowest BCUT2D eigenvalue weighted by Gasteiger charge is -2.08. The van der Waals surface area contributed by atoms with E-state index in [0.29, 0.717) is 5.92 Å². The first-order valence-corrected chi connectivity index (χ1v) is 4.95. The number of halogens is 1. The van der Waals surface area contributed by atoms with Crippen molar-refractivity contribution in [3.8, 4) is 0 Å². The Morgan fingerprint density at radius 2 is 1.85 bits per heavy atom. The van der Waals surface area contributed by atoms with Crippen molar-refractivity contribution in [3.63, 3.8) is 0 Å². The van der Waals surface area contributed by atoms with Crippen LogP contribution in [0.5, 0.6) is 0 Å². The van der Waals surface area contributed by atoms with E-state index in [0.717, 1.165) is 0 Å². The fraction of sp³-hybridized carbons (Fsp3) is 0.364. The predicted molar refractivity (Wildman–Crippen MR) is 60.1 cm³/mol. The molecule has 0 atom stereocenters. The smallest absolute Gasteiger partial charge is 0.106 e. The van der Waals surface area contributed by atoms with Gasteiger partial charge in [-0.1, -0.05) is 35.8 Å². The molecular formula is C11H15BrO. The van der Waals surface area contributed by atoms with E-state index < -0.39 is 0 Å². The van der Waals surface area contributed by atoms with Crippen molar-refractivity contribution in [2.24, 2.45) is 0 Å². The molecule has 1 aromatic carbocycles. The van der Waals surface area contributed by atoms with E-state index in [2.05, 4.69) is 54.9 Å². The summed E-state index contributed by atoms with van der Waals surface area (Å²) in [5.74, 6) is 0.628. The van der Waals surface area contributed by atoms with Crippen molar-refractivity contribution >= 4 is 22.7 Å². The first-order valence-electron chi connectivity index (χ1n) is 4.16. The SMILES string of the molecule is C=O.Cc1cc(Br)ccc1C(C)C. The van der Waals surface area contributed by atoms with Crippen LogP contribution in [0.25, 0.3) is 0 Å². The number of carbonyl (C=O) groups excluding carboxylic acids is 1. The third-order valence-electron chi connectivity index (χ3n) is 1.85. The molecule has 0 bridgehead atoms. The highest BCUT2D eigenvalue weighted by Crippen LogP contribution is 2.22. The Hall–Kier alpha value is -0.630. The van der Waals surface area contributed by atoms with Crippen LogP contribution < -0.4 is 0 Å². The van der Waals surface area contributed by atoms with Crippen LogP contribution >= 0.6 is 15.9 Å². The standard InChI is InChI=1S/C10H13Br.CH2O/c1-7(2)10-5-4-9(11)6-8(10)3;1-2/h4-7H,1-3H3;1H2. The third-order valence-corrected chi connectivity index (χ3v) is 2.35. The summed E-state index contributed by atoms with van der Waals surface area (Å²) in [6, 6.07) is 6.45. The normalized spacial score (nSPS) is 9.31. The third kappa shape index (κ3) is 3.73. The molecule has 0 fully saturated rings. The van der Waals surface area contributed by atoms with Gasteiger partial charge >= 0.3 is 0 Å². The number of rotatable bonds is 1. The van der Waals surface area contributed by atoms with Gasteiger partial charge in [-0.3, -0.25) is 0 Å². The number of benzene rings is 1. The summed E-state index contributed by atoms with van der Waals surface area (Å²) >= 11 is 3.45. The zero-order valence-electron chi connectivity index (χ0n) is 8.30. The molecule has 0 spiro atoms. The quantitative estimate of drug-likeness (QED) is 0.735. The zero-order valence-corrected chi connectivity index (χ0v) is 9.89. The minimum absolute atomic E-state index is 0.628. The van der Waals surface area contributed by atoms with Crippen LogP contribution in [0.15, 0.2) is 22.7 Å². The molecule has 0 saturated carbocycles. The molecule has 0 aromatic heterocycles. The van der Waals surface area contributed by atoms with Crippen molar-refractivity contribution in [3.05, 3.63) is 33.8 Å². The lowest BCUT2D eigenvalue weighted by molar-refractivity contribution is -0.0979. The largest absolute Gasteiger partial charge is 0.307 e. The van der Waals surface area contributed by atoms with Crippen LogP contribution in [0.4, 0.5) is 0 Å². The average molecular weight is 243 g/mol. The number of carbonyl (C=O) groups is 1. The Balaban J connectivity index is 0.000000671. The minimum atomic E-state index is 0.628. The first kappa shape index (κ1) is 12.4. The molecule has 1 aromatic rings. The summed E-state index contributed by atoms with van der Waals surface area (Å²) in [5.41, 5.74) is 2.81. The zero-order chi connectivity index (χ0) is 10.4. The highest BCUT2D eigenvalue weighted by atomic mass is 79.9. The predicted octanol–water partition coefficient (Wildman–Crippen LogP) is 3.70. The number of hydrogen-bond acceptors (Lipinski definition) is 1. The molecule has 1 rings (SSSR count). The Bertz CT molecular complexity index is 269. The van der Waals surface area contributed by atoms with Gasteiger partial charge in [0.25, 0.3) is 0 Å². The average Bonchev–Trinajstić information content (AvgIpc) is 2.07. The van der Waals surface area contributed by atoms with Gasteiger partial charge in [0.2, 0.25) is 0 Å². The molecule has 72 valence electrons. The summed E-state index contributed by atoms with van der Waals surface area (Å²) in [7, 11) is 0. The van der Waals surface area contributed by atoms with Crippen LogP contribution in [0.1, 0.15) is 30.9 Å². The van der Waals surface area contributed by atoms with Crippen LogP contribution in [0.3, 0.4) is 0 Å². The maximum absolute atomic E-state index is 8.00. The molecule has 0 radical (unpaired) electrons. The van der Waals surface area contributed by atoms with Gasteiger partial charge in [0.05, 0.1) is 0 Å². The Morgan fingerprint density at radius 1 is 1.31 bits per heavy atom. The summed E-state index contributed by atoms with van der Waals surface area (Å²) in [6.45, 7) is 8.59. The molecule has 0 unspecified atom stereocenters. The fourth-order valence-electron chi connectivity index (χ4n) is 1.29. The lowest BCUT2D eigenvalue weighted by atomic mass is 9.99. The van der Waals surface area contributed by atoms with E-state index in [4.69, 9.17) is 4.79 Å². The van der Waals surface area contributed by atoms with E-state index in [9.17, 15) is 0 Å². The molecule has 1 nitrogen and oxygen atoms in total. The van der Waals surface area contributed by atoms with Gasteiger partial charge < -0.3 is 4.79 Å². The molecule has 0 heterocycles. The van der Waals surface area contributed by atoms with E-state index in [-0.39, 0.29) is 0 Å². The van der Waals surface area contributed by atoms with Crippen molar-refractivity contribution < 1.29 is 4.79 Å². The van der Waals surface area contributed by atoms with Crippen molar-refractivity contribution in [1.82, 2.24) is 0 Å². The van der Waals surface area contributed by atoms with E-state index in [1.807, 2.05) is 6.79 Å². The summed E-state index contributed by atoms with van der Waals surface area (Å²) in [4.78, 5) is 8.00. The lowest BCUT2D eigenvalue weighted by Crippen LogP contribution is -1.90. The molecule has 0 N–H and O–H groups in total. The Morgan fingerprint density at radius 3 is 2.23 bits per heavy atom. The van der Waals surface area contributed by atoms with E-state index in [1.54, 1.807) is 0 Å². The van der Waals surface area contributed by atoms with Gasteiger partial charge in [-0.05, 0) is 36.1 Å². The van der Waals surface area contributed by atoms with Gasteiger partial charge in [0, 0.05) is 4.47 Å². The summed E-state index contributed by atoms with van der Waals surface area (Å²) in [5, 5.41) is 0. The van der Waals surface area contributed by atoms with Gasteiger partial charge in [0.15, 0.2) is 0 Å². The second kappa shape index (κ2) is 5.92. The maximum atomic E-state index is 8.00. The van der Waals surface area contributed by atoms with Gasteiger partial charge in [-0.15, -0.1) is 0 Å². The van der Waals surface area contributed by atoms with E-state index in [1.165, 1.54) is 15.6 Å². The topological polar surface area (TPSA) is 17.1 Å². The highest BCUT2D eigenvalue weighted by Gasteiger charge is 2.01. The van der Waals surface area contributed by atoms with Crippen molar-refractivity contribution in [1.29, 1.82) is 0 Å². The monoisotopic (exact) mass is 242 g/mol. The molecular weight excluding hydrogens is 228 g/mol.